The molecule has 1 N–H and O–H groups in total. The molecule has 0 bridgehead atoms. The van der Waals surface area contributed by atoms with Crippen LogP contribution in [-0.2, 0) is 11.2 Å². The Labute approximate surface area is 132 Å². The van der Waals surface area contributed by atoms with Gasteiger partial charge in [-0.3, -0.25) is 4.79 Å². The average Bonchev–Trinajstić information content (AvgIpc) is 2.44. The summed E-state index contributed by atoms with van der Waals surface area (Å²) in [5, 5.41) is 4.22. The summed E-state index contributed by atoms with van der Waals surface area (Å²) >= 11 is 9.44. The Kier molecular flexibility index (Phi) is 5.85. The Morgan fingerprint density at radius 2 is 2.15 bits per heavy atom. The van der Waals surface area contributed by atoms with Crippen LogP contribution in [0.4, 0.5) is 4.39 Å². The lowest BCUT2D eigenvalue weighted by atomic mass is 9.86. The summed E-state index contributed by atoms with van der Waals surface area (Å²) in [6.07, 6.45) is 4.46. The smallest absolute Gasteiger partial charge is 0.224 e. The normalized spacial score (nSPS) is 22.6. The summed E-state index contributed by atoms with van der Waals surface area (Å²) in [5.41, 5.74) is 0.276. The van der Waals surface area contributed by atoms with Crippen LogP contribution < -0.4 is 5.32 Å². The lowest BCUT2D eigenvalue weighted by Gasteiger charge is -2.31. The van der Waals surface area contributed by atoms with Crippen molar-refractivity contribution in [1.82, 2.24) is 5.32 Å². The number of carbonyl (C=O) groups excluding carboxylic acids is 1. The van der Waals surface area contributed by atoms with Crippen LogP contribution >= 0.6 is 27.5 Å². The third kappa shape index (κ3) is 3.95. The average molecular weight is 363 g/mol. The van der Waals surface area contributed by atoms with E-state index in [2.05, 4.69) is 21.2 Å². The zero-order valence-corrected chi connectivity index (χ0v) is 13.5. The number of rotatable bonds is 4. The highest BCUT2D eigenvalue weighted by Crippen LogP contribution is 2.26. The number of hydrogen-bond acceptors (Lipinski definition) is 1. The number of amides is 1. The van der Waals surface area contributed by atoms with E-state index in [1.165, 1.54) is 12.5 Å². The molecule has 1 aliphatic carbocycles. The summed E-state index contributed by atoms with van der Waals surface area (Å²) in [6.45, 7) is 0. The minimum atomic E-state index is -0.423. The van der Waals surface area contributed by atoms with Crippen LogP contribution in [0.5, 0.6) is 0 Å². The van der Waals surface area contributed by atoms with Gasteiger partial charge in [0.05, 0.1) is 6.42 Å². The van der Waals surface area contributed by atoms with Crippen molar-refractivity contribution in [2.45, 2.75) is 38.1 Å². The largest absolute Gasteiger partial charge is 0.353 e. The van der Waals surface area contributed by atoms with E-state index in [-0.39, 0.29) is 23.9 Å². The lowest BCUT2D eigenvalue weighted by Crippen LogP contribution is -2.43. The van der Waals surface area contributed by atoms with Crippen LogP contribution in [0.1, 0.15) is 31.2 Å². The summed E-state index contributed by atoms with van der Waals surface area (Å²) in [5.74, 6) is -0.119. The molecular weight excluding hydrogens is 345 g/mol. The Hall–Kier alpha value is -0.610. The second-order valence-corrected chi connectivity index (χ2v) is 6.30. The van der Waals surface area contributed by atoms with Crippen molar-refractivity contribution in [3.63, 3.8) is 0 Å². The Morgan fingerprint density at radius 1 is 1.40 bits per heavy atom. The molecule has 1 aliphatic rings. The van der Waals surface area contributed by atoms with E-state index < -0.39 is 5.82 Å². The number of halogens is 3. The maximum Gasteiger partial charge on any atom is 0.224 e. The summed E-state index contributed by atoms with van der Waals surface area (Å²) in [6, 6.07) is 4.66. The quantitative estimate of drug-likeness (QED) is 0.803. The molecule has 5 heteroatoms. The van der Waals surface area contributed by atoms with Crippen LogP contribution in [0, 0.1) is 11.7 Å². The Bertz CT molecular complexity index is 463. The highest BCUT2D eigenvalue weighted by atomic mass is 79.9. The molecule has 1 aromatic carbocycles. The first-order valence-electron chi connectivity index (χ1n) is 6.90. The summed E-state index contributed by atoms with van der Waals surface area (Å²) in [4.78, 5) is 12.1. The standard InChI is InChI=1S/C15H18BrClFNO/c16-9-10-4-1-2-7-14(10)19-15(20)8-11-12(17)5-3-6-13(11)18/h3,5-6,10,14H,1-2,4,7-9H2,(H,19,20). The van der Waals surface area contributed by atoms with Gasteiger partial charge in [-0.15, -0.1) is 0 Å². The van der Waals surface area contributed by atoms with Crippen molar-refractivity contribution < 1.29 is 9.18 Å². The zero-order chi connectivity index (χ0) is 14.5. The van der Waals surface area contributed by atoms with Gasteiger partial charge in [0.25, 0.3) is 0 Å². The number of carbonyl (C=O) groups is 1. The van der Waals surface area contributed by atoms with E-state index >= 15 is 0 Å². The fourth-order valence-electron chi connectivity index (χ4n) is 2.70. The molecule has 110 valence electrons. The maximum absolute atomic E-state index is 13.7. The topological polar surface area (TPSA) is 29.1 Å². The molecule has 2 nitrogen and oxygen atoms in total. The molecule has 0 saturated heterocycles. The number of alkyl halides is 1. The highest BCUT2D eigenvalue weighted by Gasteiger charge is 2.25. The maximum atomic E-state index is 13.7. The highest BCUT2D eigenvalue weighted by molar-refractivity contribution is 9.09. The second-order valence-electron chi connectivity index (χ2n) is 5.25. The first kappa shape index (κ1) is 15.8. The molecule has 1 amide bonds. The van der Waals surface area contributed by atoms with Crippen LogP contribution in [0.15, 0.2) is 18.2 Å². The molecular formula is C15H18BrClFNO. The molecule has 1 fully saturated rings. The van der Waals surface area contributed by atoms with Crippen molar-refractivity contribution in [2.75, 3.05) is 5.33 Å². The molecule has 1 saturated carbocycles. The van der Waals surface area contributed by atoms with Crippen LogP contribution in [0.3, 0.4) is 0 Å². The van der Waals surface area contributed by atoms with Gasteiger partial charge in [-0.05, 0) is 30.9 Å². The molecule has 2 atom stereocenters. The van der Waals surface area contributed by atoms with E-state index in [0.29, 0.717) is 10.9 Å². The number of hydrogen-bond donors (Lipinski definition) is 1. The summed E-state index contributed by atoms with van der Waals surface area (Å²) < 4.78 is 13.7. The van der Waals surface area contributed by atoms with Gasteiger partial charge >= 0.3 is 0 Å². The molecule has 0 spiro atoms. The van der Waals surface area contributed by atoms with E-state index in [0.717, 1.165) is 24.6 Å². The van der Waals surface area contributed by atoms with Crippen molar-refractivity contribution in [2.24, 2.45) is 5.92 Å². The third-order valence-corrected chi connectivity index (χ3v) is 5.04. The van der Waals surface area contributed by atoms with Crippen LogP contribution in [0.2, 0.25) is 5.02 Å². The molecule has 20 heavy (non-hydrogen) atoms. The minimum absolute atomic E-state index is 0.00296. The Morgan fingerprint density at radius 3 is 2.85 bits per heavy atom. The fraction of sp³-hybridized carbons (Fsp3) is 0.533. The number of benzene rings is 1. The van der Waals surface area contributed by atoms with Crippen molar-refractivity contribution in [3.05, 3.63) is 34.6 Å². The predicted octanol–water partition coefficient (Wildman–Crippen LogP) is 4.09. The van der Waals surface area contributed by atoms with Gasteiger partial charge in [-0.2, -0.15) is 0 Å². The first-order chi connectivity index (χ1) is 9.61. The van der Waals surface area contributed by atoms with Gasteiger partial charge in [0, 0.05) is 22.0 Å². The van der Waals surface area contributed by atoms with Crippen molar-refractivity contribution in [1.29, 1.82) is 0 Å². The van der Waals surface area contributed by atoms with E-state index in [9.17, 15) is 9.18 Å². The SMILES string of the molecule is O=C(Cc1c(F)cccc1Cl)NC1CCCCC1CBr. The third-order valence-electron chi connectivity index (χ3n) is 3.85. The van der Waals surface area contributed by atoms with Crippen LogP contribution in [0.25, 0.3) is 0 Å². The lowest BCUT2D eigenvalue weighted by molar-refractivity contribution is -0.121. The Balaban J connectivity index is 1.98. The molecule has 0 aliphatic heterocycles. The monoisotopic (exact) mass is 361 g/mol. The van der Waals surface area contributed by atoms with Crippen molar-refractivity contribution in [3.8, 4) is 0 Å². The van der Waals surface area contributed by atoms with Gasteiger partial charge in [0.15, 0.2) is 0 Å². The molecule has 0 heterocycles. The van der Waals surface area contributed by atoms with Crippen molar-refractivity contribution >= 4 is 33.4 Å². The molecule has 1 aromatic rings. The van der Waals surface area contributed by atoms with E-state index in [1.54, 1.807) is 12.1 Å². The first-order valence-corrected chi connectivity index (χ1v) is 8.40. The fourth-order valence-corrected chi connectivity index (χ4v) is 3.71. The van der Waals surface area contributed by atoms with Crippen LogP contribution in [-0.4, -0.2) is 17.3 Å². The van der Waals surface area contributed by atoms with E-state index in [1.807, 2.05) is 0 Å². The second kappa shape index (κ2) is 7.41. The molecule has 0 aromatic heterocycles. The zero-order valence-electron chi connectivity index (χ0n) is 11.2. The van der Waals surface area contributed by atoms with E-state index in [4.69, 9.17) is 11.6 Å². The predicted molar refractivity (Wildman–Crippen MR) is 82.8 cm³/mol. The molecule has 0 radical (unpaired) electrons. The van der Waals surface area contributed by atoms with Gasteiger partial charge in [0.1, 0.15) is 5.82 Å². The molecule has 2 unspecified atom stereocenters. The van der Waals surface area contributed by atoms with Gasteiger partial charge < -0.3 is 5.32 Å². The summed E-state index contributed by atoms with van der Waals surface area (Å²) in [7, 11) is 0. The minimum Gasteiger partial charge on any atom is -0.353 e. The molecule has 2 rings (SSSR count). The van der Waals surface area contributed by atoms with Gasteiger partial charge in [-0.1, -0.05) is 46.4 Å². The number of nitrogens with one attached hydrogen (secondary N) is 1. The van der Waals surface area contributed by atoms with Gasteiger partial charge in [0.2, 0.25) is 5.91 Å². The van der Waals surface area contributed by atoms with Gasteiger partial charge in [-0.25, -0.2) is 4.39 Å².